The summed E-state index contributed by atoms with van der Waals surface area (Å²) in [5.74, 6) is 0.537. The number of ether oxygens (including phenoxy) is 1. The fraction of sp³-hybridized carbons (Fsp3) is 0.944. The van der Waals surface area contributed by atoms with E-state index in [2.05, 4.69) is 11.8 Å². The molecule has 128 valence electrons. The molecule has 0 aromatic carbocycles. The van der Waals surface area contributed by atoms with Crippen LogP contribution in [0.1, 0.15) is 71.1 Å². The number of ketones is 1. The second-order valence-corrected chi connectivity index (χ2v) is 7.24. The van der Waals surface area contributed by atoms with Crippen LogP contribution in [0.2, 0.25) is 0 Å². The third-order valence-electron chi connectivity index (χ3n) is 5.25. The van der Waals surface area contributed by atoms with Crippen molar-refractivity contribution in [2.45, 2.75) is 89.6 Å². The molecule has 22 heavy (non-hydrogen) atoms. The number of carbonyl (C=O) groups excluding carboxylic acids is 1. The second-order valence-electron chi connectivity index (χ2n) is 7.24. The van der Waals surface area contributed by atoms with Crippen LogP contribution in [-0.2, 0) is 9.53 Å². The molecule has 0 spiro atoms. The predicted octanol–water partition coefficient (Wildman–Crippen LogP) is 3.12. The van der Waals surface area contributed by atoms with Gasteiger partial charge in [0.1, 0.15) is 0 Å². The summed E-state index contributed by atoms with van der Waals surface area (Å²) in [6, 6.07) is -0.187. The van der Waals surface area contributed by atoms with Gasteiger partial charge in [0.25, 0.3) is 0 Å². The normalized spacial score (nSPS) is 37.3. The minimum Gasteiger partial charge on any atom is -0.368 e. The van der Waals surface area contributed by atoms with E-state index in [1.807, 2.05) is 7.05 Å². The van der Waals surface area contributed by atoms with Crippen LogP contribution >= 0.6 is 0 Å². The Morgan fingerprint density at radius 2 is 1.64 bits per heavy atom. The van der Waals surface area contributed by atoms with Crippen molar-refractivity contribution in [2.24, 2.45) is 5.92 Å². The summed E-state index contributed by atoms with van der Waals surface area (Å²) in [5, 5.41) is 9.77. The quantitative estimate of drug-likeness (QED) is 0.808. The van der Waals surface area contributed by atoms with Crippen molar-refractivity contribution in [1.29, 1.82) is 0 Å². The molecule has 0 aliphatic carbocycles. The summed E-state index contributed by atoms with van der Waals surface area (Å²) < 4.78 is 5.70. The van der Waals surface area contributed by atoms with Gasteiger partial charge in [0.15, 0.2) is 12.1 Å². The Hall–Kier alpha value is -0.450. The average Bonchev–Trinajstić information content (AvgIpc) is 2.79. The zero-order valence-electron chi connectivity index (χ0n) is 14.3. The van der Waals surface area contributed by atoms with Crippen LogP contribution in [0.3, 0.4) is 0 Å². The first-order chi connectivity index (χ1) is 10.6. The van der Waals surface area contributed by atoms with Gasteiger partial charge in [-0.15, -0.1) is 0 Å². The van der Waals surface area contributed by atoms with Crippen molar-refractivity contribution in [3.8, 4) is 0 Å². The highest BCUT2D eigenvalue weighted by Crippen LogP contribution is 2.30. The molecule has 0 radical (unpaired) electrons. The standard InChI is InChI=1S/C18H33NO3/c1-14-13-16(21)22-18(14)17-15(20)11-9-7-5-3-4-6-8-10-12-19(17)2/h14,16-18,21H,3-13H2,1-2H3/t14-,16?,17-,18?/m1/s1. The molecule has 0 amide bonds. The van der Waals surface area contributed by atoms with Crippen LogP contribution in [0.5, 0.6) is 0 Å². The number of likely N-dealkylation sites (N-methyl/N-ethyl adjacent to an activating group) is 1. The predicted molar refractivity (Wildman–Crippen MR) is 87.6 cm³/mol. The van der Waals surface area contributed by atoms with Gasteiger partial charge < -0.3 is 9.84 Å². The first-order valence-electron chi connectivity index (χ1n) is 9.16. The van der Waals surface area contributed by atoms with E-state index >= 15 is 0 Å². The number of Topliss-reactive ketones (excluding diaryl/α,β-unsaturated/α-hetero) is 1. The molecule has 4 nitrogen and oxygen atoms in total. The van der Waals surface area contributed by atoms with Crippen molar-refractivity contribution < 1.29 is 14.6 Å². The van der Waals surface area contributed by atoms with Crippen LogP contribution in [0.25, 0.3) is 0 Å². The molecule has 2 aliphatic heterocycles. The monoisotopic (exact) mass is 311 g/mol. The lowest BCUT2D eigenvalue weighted by atomic mass is 9.91. The van der Waals surface area contributed by atoms with E-state index in [0.717, 1.165) is 25.8 Å². The van der Waals surface area contributed by atoms with Gasteiger partial charge in [0.05, 0.1) is 12.1 Å². The number of rotatable bonds is 1. The van der Waals surface area contributed by atoms with Crippen LogP contribution in [0.15, 0.2) is 0 Å². The molecule has 1 N–H and O–H groups in total. The Morgan fingerprint density at radius 1 is 1.05 bits per heavy atom. The smallest absolute Gasteiger partial charge is 0.155 e. The van der Waals surface area contributed by atoms with Gasteiger partial charge in [-0.1, -0.05) is 45.4 Å². The zero-order chi connectivity index (χ0) is 15.9. The molecular formula is C18H33NO3. The maximum absolute atomic E-state index is 12.8. The number of hydrogen-bond donors (Lipinski definition) is 1. The Kier molecular flexibility index (Phi) is 7.32. The van der Waals surface area contributed by atoms with Crippen molar-refractivity contribution in [1.82, 2.24) is 4.90 Å². The number of carbonyl (C=O) groups is 1. The van der Waals surface area contributed by atoms with E-state index in [9.17, 15) is 9.90 Å². The minimum absolute atomic E-state index is 0.155. The Labute approximate surface area is 135 Å². The first-order valence-corrected chi connectivity index (χ1v) is 9.16. The summed E-state index contributed by atoms with van der Waals surface area (Å²) in [5.41, 5.74) is 0. The van der Waals surface area contributed by atoms with Crippen molar-refractivity contribution in [2.75, 3.05) is 13.6 Å². The lowest BCUT2D eigenvalue weighted by Gasteiger charge is -2.33. The molecule has 2 heterocycles. The number of aliphatic hydroxyl groups excluding tert-OH is 1. The second kappa shape index (κ2) is 8.99. The van der Waals surface area contributed by atoms with Gasteiger partial charge in [-0.05, 0) is 32.4 Å². The molecule has 4 atom stereocenters. The molecule has 2 fully saturated rings. The van der Waals surface area contributed by atoms with Crippen molar-refractivity contribution >= 4 is 5.78 Å². The molecule has 0 bridgehead atoms. The van der Waals surface area contributed by atoms with Crippen LogP contribution in [-0.4, -0.2) is 47.8 Å². The number of hydrogen-bond acceptors (Lipinski definition) is 4. The average molecular weight is 311 g/mol. The van der Waals surface area contributed by atoms with Gasteiger partial charge >= 0.3 is 0 Å². The molecule has 4 heteroatoms. The number of nitrogens with zero attached hydrogens (tertiary/aromatic N) is 1. The van der Waals surface area contributed by atoms with E-state index in [4.69, 9.17) is 4.74 Å². The largest absolute Gasteiger partial charge is 0.368 e. The van der Waals surface area contributed by atoms with Crippen LogP contribution < -0.4 is 0 Å². The molecule has 2 rings (SSSR count). The third kappa shape index (κ3) is 5.04. The fourth-order valence-electron chi connectivity index (χ4n) is 3.90. The summed E-state index contributed by atoms with van der Waals surface area (Å²) in [4.78, 5) is 14.9. The van der Waals surface area contributed by atoms with Crippen molar-refractivity contribution in [3.05, 3.63) is 0 Å². The maximum atomic E-state index is 12.8. The van der Waals surface area contributed by atoms with E-state index in [1.165, 1.54) is 32.1 Å². The Morgan fingerprint density at radius 3 is 2.23 bits per heavy atom. The highest BCUT2D eigenvalue weighted by Gasteiger charge is 2.41. The van der Waals surface area contributed by atoms with E-state index in [-0.39, 0.29) is 18.1 Å². The van der Waals surface area contributed by atoms with E-state index in [1.54, 1.807) is 0 Å². The fourth-order valence-corrected chi connectivity index (χ4v) is 3.90. The Balaban J connectivity index is 2.04. The van der Waals surface area contributed by atoms with Crippen molar-refractivity contribution in [3.63, 3.8) is 0 Å². The van der Waals surface area contributed by atoms with Gasteiger partial charge in [-0.25, -0.2) is 0 Å². The van der Waals surface area contributed by atoms with E-state index < -0.39 is 6.29 Å². The molecule has 0 aromatic rings. The zero-order valence-corrected chi connectivity index (χ0v) is 14.3. The summed E-state index contributed by atoms with van der Waals surface area (Å²) in [6.45, 7) is 3.03. The van der Waals surface area contributed by atoms with Crippen LogP contribution in [0.4, 0.5) is 0 Å². The SMILES string of the molecule is C[C@@H]1CC(O)OC1[C@H]1C(=O)CCCCCCCCCCN1C. The van der Waals surface area contributed by atoms with Gasteiger partial charge in [-0.2, -0.15) is 0 Å². The minimum atomic E-state index is -0.703. The first kappa shape index (κ1) is 17.9. The molecule has 2 aliphatic rings. The van der Waals surface area contributed by atoms with Gasteiger partial charge in [-0.3, -0.25) is 9.69 Å². The van der Waals surface area contributed by atoms with E-state index in [0.29, 0.717) is 18.6 Å². The molecule has 2 unspecified atom stereocenters. The molecular weight excluding hydrogens is 278 g/mol. The highest BCUT2D eigenvalue weighted by atomic mass is 16.6. The van der Waals surface area contributed by atoms with Gasteiger partial charge in [0, 0.05) is 12.8 Å². The van der Waals surface area contributed by atoms with Gasteiger partial charge in [0.2, 0.25) is 0 Å². The lowest BCUT2D eigenvalue weighted by molar-refractivity contribution is -0.140. The third-order valence-corrected chi connectivity index (χ3v) is 5.25. The molecule has 2 saturated heterocycles. The number of aliphatic hydroxyl groups is 1. The molecule has 0 aromatic heterocycles. The summed E-state index contributed by atoms with van der Waals surface area (Å²) >= 11 is 0. The lowest BCUT2D eigenvalue weighted by Crippen LogP contribution is -2.49. The summed E-state index contributed by atoms with van der Waals surface area (Å²) in [6.07, 6.45) is 10.2. The Bertz CT molecular complexity index is 347. The summed E-state index contributed by atoms with van der Waals surface area (Å²) in [7, 11) is 2.04. The van der Waals surface area contributed by atoms with Crippen LogP contribution in [0, 0.1) is 5.92 Å². The molecule has 0 saturated carbocycles. The topological polar surface area (TPSA) is 49.8 Å². The highest BCUT2D eigenvalue weighted by molar-refractivity contribution is 5.84. The maximum Gasteiger partial charge on any atom is 0.155 e.